The molecule has 0 heterocycles. The van der Waals surface area contributed by atoms with Gasteiger partial charge in [0.1, 0.15) is 0 Å². The average Bonchev–Trinajstić information content (AvgIpc) is 2.55. The molecular weight excluding hydrogens is 132 g/mol. The molecule has 0 spiro atoms. The lowest BCUT2D eigenvalue weighted by molar-refractivity contribution is 1.25. The molecule has 0 bridgehead atoms. The summed E-state index contributed by atoms with van der Waals surface area (Å²) in [5, 5.41) is 0. The molecule has 0 radical (unpaired) electrons. The van der Waals surface area contributed by atoms with Crippen LogP contribution in [0.2, 0.25) is 0 Å². The highest BCUT2D eigenvalue weighted by Crippen LogP contribution is 2.28. The van der Waals surface area contributed by atoms with Crippen LogP contribution in [0, 0.1) is 0 Å². The fourth-order valence-corrected chi connectivity index (χ4v) is 1.64. The summed E-state index contributed by atoms with van der Waals surface area (Å²) in [5.41, 5.74) is 4.38. The van der Waals surface area contributed by atoms with Crippen LogP contribution in [0.15, 0.2) is 47.1 Å². The standard InChI is InChI=1S/C11H12/c1-9-5-4-8-11(9)10-6-2-3-7-10/h2,4-7H,3,8H2,1H3. The molecular formula is C11H12. The van der Waals surface area contributed by atoms with E-state index in [4.69, 9.17) is 0 Å². The van der Waals surface area contributed by atoms with Crippen LogP contribution in [-0.4, -0.2) is 0 Å². The lowest BCUT2D eigenvalue weighted by atomic mass is 10.0. The summed E-state index contributed by atoms with van der Waals surface area (Å²) in [6.07, 6.45) is 13.4. The first kappa shape index (κ1) is 6.66. The van der Waals surface area contributed by atoms with E-state index >= 15 is 0 Å². The summed E-state index contributed by atoms with van der Waals surface area (Å²) in [6, 6.07) is 0. The van der Waals surface area contributed by atoms with E-state index < -0.39 is 0 Å². The zero-order chi connectivity index (χ0) is 7.68. The fourth-order valence-electron chi connectivity index (χ4n) is 1.64. The Kier molecular flexibility index (Phi) is 1.54. The van der Waals surface area contributed by atoms with Gasteiger partial charge in [0, 0.05) is 0 Å². The zero-order valence-electron chi connectivity index (χ0n) is 6.80. The van der Waals surface area contributed by atoms with Crippen LogP contribution in [0.5, 0.6) is 0 Å². The largest absolute Gasteiger partial charge is 0.0801 e. The van der Waals surface area contributed by atoms with Gasteiger partial charge in [-0.15, -0.1) is 0 Å². The van der Waals surface area contributed by atoms with Gasteiger partial charge >= 0.3 is 0 Å². The second-order valence-electron chi connectivity index (χ2n) is 3.07. The molecule has 2 aliphatic carbocycles. The molecule has 0 heteroatoms. The van der Waals surface area contributed by atoms with Crippen LogP contribution in [0.3, 0.4) is 0 Å². The van der Waals surface area contributed by atoms with E-state index in [0.717, 1.165) is 12.8 Å². The minimum absolute atomic E-state index is 1.12. The van der Waals surface area contributed by atoms with Crippen molar-refractivity contribution in [1.29, 1.82) is 0 Å². The van der Waals surface area contributed by atoms with Crippen molar-refractivity contribution >= 4 is 0 Å². The Hall–Kier alpha value is -1.04. The smallest absolute Gasteiger partial charge is 0.00858 e. The van der Waals surface area contributed by atoms with Crippen molar-refractivity contribution < 1.29 is 0 Å². The van der Waals surface area contributed by atoms with Crippen LogP contribution in [0.25, 0.3) is 0 Å². The Balaban J connectivity index is 2.30. The Morgan fingerprint density at radius 2 is 2.09 bits per heavy atom. The van der Waals surface area contributed by atoms with Crippen LogP contribution in [0.1, 0.15) is 19.8 Å². The summed E-state index contributed by atoms with van der Waals surface area (Å²) in [5.74, 6) is 0. The molecule has 0 aromatic heterocycles. The Morgan fingerprint density at radius 1 is 1.18 bits per heavy atom. The highest BCUT2D eigenvalue weighted by Gasteiger charge is 2.09. The molecule has 0 saturated heterocycles. The molecule has 2 aliphatic rings. The number of hydrogen-bond acceptors (Lipinski definition) is 0. The van der Waals surface area contributed by atoms with Crippen molar-refractivity contribution in [3.63, 3.8) is 0 Å². The molecule has 2 rings (SSSR count). The first-order valence-electron chi connectivity index (χ1n) is 4.11. The maximum Gasteiger partial charge on any atom is -0.00858 e. The van der Waals surface area contributed by atoms with E-state index in [-0.39, 0.29) is 0 Å². The molecule has 11 heavy (non-hydrogen) atoms. The van der Waals surface area contributed by atoms with Gasteiger partial charge in [0.05, 0.1) is 0 Å². The zero-order valence-corrected chi connectivity index (χ0v) is 6.80. The highest BCUT2D eigenvalue weighted by atomic mass is 14.1. The van der Waals surface area contributed by atoms with Gasteiger partial charge in [0.25, 0.3) is 0 Å². The van der Waals surface area contributed by atoms with E-state index in [2.05, 4.69) is 37.3 Å². The summed E-state index contributed by atoms with van der Waals surface area (Å²) in [6.45, 7) is 2.19. The second-order valence-corrected chi connectivity index (χ2v) is 3.07. The first-order chi connectivity index (χ1) is 5.38. The van der Waals surface area contributed by atoms with Crippen molar-refractivity contribution in [3.05, 3.63) is 47.1 Å². The maximum atomic E-state index is 2.30. The van der Waals surface area contributed by atoms with E-state index in [0.29, 0.717) is 0 Å². The third kappa shape index (κ3) is 1.09. The molecule has 0 N–H and O–H groups in total. The molecule has 0 nitrogen and oxygen atoms in total. The van der Waals surface area contributed by atoms with Gasteiger partial charge in [-0.3, -0.25) is 0 Å². The predicted molar refractivity (Wildman–Crippen MR) is 48.3 cm³/mol. The molecule has 0 aliphatic heterocycles. The lowest BCUT2D eigenvalue weighted by Gasteiger charge is -2.01. The van der Waals surface area contributed by atoms with E-state index in [1.807, 2.05) is 0 Å². The van der Waals surface area contributed by atoms with Gasteiger partial charge in [-0.1, -0.05) is 30.4 Å². The molecule has 0 aromatic carbocycles. The number of rotatable bonds is 1. The van der Waals surface area contributed by atoms with Gasteiger partial charge < -0.3 is 0 Å². The Labute approximate surface area is 67.6 Å². The normalized spacial score (nSPS) is 21.7. The van der Waals surface area contributed by atoms with Crippen LogP contribution < -0.4 is 0 Å². The molecule has 0 saturated carbocycles. The van der Waals surface area contributed by atoms with Crippen molar-refractivity contribution in [2.75, 3.05) is 0 Å². The maximum absolute atomic E-state index is 2.30. The predicted octanol–water partition coefficient (Wildman–Crippen LogP) is 3.15. The molecule has 0 unspecified atom stereocenters. The van der Waals surface area contributed by atoms with Crippen molar-refractivity contribution in [1.82, 2.24) is 0 Å². The number of allylic oxidation sites excluding steroid dienone is 8. The summed E-state index contributed by atoms with van der Waals surface area (Å²) >= 11 is 0. The van der Waals surface area contributed by atoms with Crippen molar-refractivity contribution in [2.45, 2.75) is 19.8 Å². The molecule has 0 aromatic rings. The van der Waals surface area contributed by atoms with Gasteiger partial charge in [0.2, 0.25) is 0 Å². The lowest BCUT2D eigenvalue weighted by Crippen LogP contribution is -1.82. The van der Waals surface area contributed by atoms with Crippen molar-refractivity contribution in [2.24, 2.45) is 0 Å². The summed E-state index contributed by atoms with van der Waals surface area (Å²) < 4.78 is 0. The monoisotopic (exact) mass is 144 g/mol. The third-order valence-corrected chi connectivity index (χ3v) is 2.29. The van der Waals surface area contributed by atoms with Gasteiger partial charge in [-0.25, -0.2) is 0 Å². The SMILES string of the molecule is CC1=C(C2=CCC=C2)CC=C1. The summed E-state index contributed by atoms with van der Waals surface area (Å²) in [4.78, 5) is 0. The third-order valence-electron chi connectivity index (χ3n) is 2.29. The van der Waals surface area contributed by atoms with Crippen molar-refractivity contribution in [3.8, 4) is 0 Å². The quantitative estimate of drug-likeness (QED) is 0.530. The van der Waals surface area contributed by atoms with Gasteiger partial charge in [-0.05, 0) is 36.5 Å². The van der Waals surface area contributed by atoms with E-state index in [1.165, 1.54) is 16.7 Å². The fraction of sp³-hybridized carbons (Fsp3) is 0.273. The van der Waals surface area contributed by atoms with E-state index in [1.54, 1.807) is 0 Å². The summed E-state index contributed by atoms with van der Waals surface area (Å²) in [7, 11) is 0. The van der Waals surface area contributed by atoms with Crippen LogP contribution in [-0.2, 0) is 0 Å². The topological polar surface area (TPSA) is 0 Å². The van der Waals surface area contributed by atoms with Crippen LogP contribution >= 0.6 is 0 Å². The minimum Gasteiger partial charge on any atom is -0.0801 e. The Bertz CT molecular complexity index is 285. The average molecular weight is 144 g/mol. The Morgan fingerprint density at radius 3 is 2.64 bits per heavy atom. The molecule has 0 fully saturated rings. The number of hydrogen-bond donors (Lipinski definition) is 0. The first-order valence-corrected chi connectivity index (χ1v) is 4.11. The van der Waals surface area contributed by atoms with E-state index in [9.17, 15) is 0 Å². The molecule has 0 amide bonds. The molecule has 56 valence electrons. The second kappa shape index (κ2) is 2.54. The van der Waals surface area contributed by atoms with Gasteiger partial charge in [0.15, 0.2) is 0 Å². The minimum atomic E-state index is 1.12. The highest BCUT2D eigenvalue weighted by molar-refractivity contribution is 5.51. The molecule has 0 atom stereocenters. The van der Waals surface area contributed by atoms with Gasteiger partial charge in [-0.2, -0.15) is 0 Å². The van der Waals surface area contributed by atoms with Crippen LogP contribution in [0.4, 0.5) is 0 Å².